The molecule has 1 N–H and O–H groups in total. The van der Waals surface area contributed by atoms with Crippen molar-refractivity contribution in [3.63, 3.8) is 0 Å². The zero-order chi connectivity index (χ0) is 20.4. The Morgan fingerprint density at radius 1 is 1.10 bits per heavy atom. The number of hydrogen-bond acceptors (Lipinski definition) is 3. The number of carbonyl (C=O) groups excluding carboxylic acids is 1. The monoisotopic (exact) mass is 416 g/mol. The second-order valence-electron chi connectivity index (χ2n) is 6.89. The zero-order valence-electron chi connectivity index (χ0n) is 15.4. The molecule has 7 heteroatoms. The summed E-state index contributed by atoms with van der Waals surface area (Å²) in [5.41, 5.74) is 1.58. The van der Waals surface area contributed by atoms with E-state index in [1.807, 2.05) is 29.6 Å². The summed E-state index contributed by atoms with van der Waals surface area (Å²) < 4.78 is 38.8. The number of alkyl halides is 3. The van der Waals surface area contributed by atoms with Crippen LogP contribution in [0.5, 0.6) is 0 Å². The molecule has 2 aromatic carbocycles. The molecule has 0 fully saturated rings. The van der Waals surface area contributed by atoms with E-state index < -0.39 is 17.6 Å². The Bertz CT molecular complexity index is 1000. The van der Waals surface area contributed by atoms with Crippen LogP contribution in [-0.4, -0.2) is 19.0 Å². The lowest BCUT2D eigenvalue weighted by molar-refractivity contribution is -0.137. The number of hydrogen-bond donors (Lipinski definition) is 1. The van der Waals surface area contributed by atoms with E-state index in [1.165, 1.54) is 17.7 Å². The molecule has 1 aliphatic rings. The van der Waals surface area contributed by atoms with Crippen molar-refractivity contribution in [3.8, 4) is 0 Å². The van der Waals surface area contributed by atoms with Gasteiger partial charge in [0.15, 0.2) is 0 Å². The molecular weight excluding hydrogens is 397 g/mol. The molecule has 0 saturated carbocycles. The largest absolute Gasteiger partial charge is 0.416 e. The first-order valence-corrected chi connectivity index (χ1v) is 10.1. The van der Waals surface area contributed by atoms with Crippen molar-refractivity contribution in [3.05, 3.63) is 87.6 Å². The number of nitrogens with zero attached hydrogens (tertiary/aromatic N) is 1. The number of halogens is 3. The highest BCUT2D eigenvalue weighted by Crippen LogP contribution is 2.36. The van der Waals surface area contributed by atoms with Gasteiger partial charge in [-0.25, -0.2) is 0 Å². The van der Waals surface area contributed by atoms with Crippen molar-refractivity contribution in [1.29, 1.82) is 0 Å². The van der Waals surface area contributed by atoms with Gasteiger partial charge in [-0.2, -0.15) is 13.2 Å². The van der Waals surface area contributed by atoms with Crippen LogP contribution in [0.2, 0.25) is 0 Å². The molecule has 2 heterocycles. The first kappa shape index (κ1) is 19.5. The minimum Gasteiger partial charge on any atom is -0.361 e. The third kappa shape index (κ3) is 4.15. The topological polar surface area (TPSA) is 32.3 Å². The summed E-state index contributed by atoms with van der Waals surface area (Å²) in [6.45, 7) is 1.14. The highest BCUT2D eigenvalue weighted by atomic mass is 32.1. The van der Waals surface area contributed by atoms with E-state index in [1.54, 1.807) is 11.3 Å². The summed E-state index contributed by atoms with van der Waals surface area (Å²) in [4.78, 5) is 15.9. The standard InChI is InChI=1S/C22H19F3N2OS/c23-22(24,25)17-7-3-6-16(13-17)21(28)26-14-19(20-9-4-12-29-20)27-11-10-15-5-1-2-8-18(15)27/h1-9,12-13,19H,10-11,14H2,(H,26,28). The van der Waals surface area contributed by atoms with Crippen LogP contribution in [0.1, 0.15) is 32.4 Å². The van der Waals surface area contributed by atoms with Gasteiger partial charge in [-0.1, -0.05) is 30.3 Å². The van der Waals surface area contributed by atoms with E-state index in [9.17, 15) is 18.0 Å². The Kier molecular flexibility index (Phi) is 5.32. The van der Waals surface area contributed by atoms with Crippen LogP contribution < -0.4 is 10.2 Å². The number of rotatable bonds is 5. The summed E-state index contributed by atoms with van der Waals surface area (Å²) in [5.74, 6) is -0.509. The van der Waals surface area contributed by atoms with Crippen LogP contribution in [0.25, 0.3) is 0 Å². The van der Waals surface area contributed by atoms with Gasteiger partial charge in [0.05, 0.1) is 11.6 Å². The average Bonchev–Trinajstić information content (AvgIpc) is 3.38. The number of nitrogens with one attached hydrogen (secondary N) is 1. The molecule has 0 saturated heterocycles. The normalized spacial score (nSPS) is 14.5. The molecule has 1 amide bonds. The van der Waals surface area contributed by atoms with Crippen LogP contribution >= 0.6 is 11.3 Å². The lowest BCUT2D eigenvalue weighted by Gasteiger charge is -2.30. The van der Waals surface area contributed by atoms with Gasteiger partial charge in [0.25, 0.3) is 5.91 Å². The fraction of sp³-hybridized carbons (Fsp3) is 0.227. The van der Waals surface area contributed by atoms with Gasteiger partial charge < -0.3 is 10.2 Å². The Morgan fingerprint density at radius 3 is 2.69 bits per heavy atom. The molecule has 0 bridgehead atoms. The van der Waals surface area contributed by atoms with E-state index in [4.69, 9.17) is 0 Å². The molecule has 4 rings (SSSR count). The van der Waals surface area contributed by atoms with E-state index in [-0.39, 0.29) is 11.6 Å². The number of thiophene rings is 1. The maximum atomic E-state index is 12.9. The second kappa shape index (κ2) is 7.91. The summed E-state index contributed by atoms with van der Waals surface area (Å²) in [7, 11) is 0. The molecule has 29 heavy (non-hydrogen) atoms. The second-order valence-corrected chi connectivity index (χ2v) is 7.87. The SMILES string of the molecule is O=C(NCC(c1cccs1)N1CCc2ccccc21)c1cccc(C(F)(F)F)c1. The first-order valence-electron chi connectivity index (χ1n) is 9.27. The molecule has 3 nitrogen and oxygen atoms in total. The van der Waals surface area contributed by atoms with Crippen molar-refractivity contribution in [2.45, 2.75) is 18.6 Å². The van der Waals surface area contributed by atoms with Crippen molar-refractivity contribution < 1.29 is 18.0 Å². The minimum atomic E-state index is -4.48. The lowest BCUT2D eigenvalue weighted by atomic mass is 10.1. The van der Waals surface area contributed by atoms with Crippen LogP contribution in [0.3, 0.4) is 0 Å². The Labute approximate surface area is 170 Å². The molecule has 0 spiro atoms. The van der Waals surface area contributed by atoms with E-state index in [0.29, 0.717) is 6.54 Å². The van der Waals surface area contributed by atoms with Gasteiger partial charge in [-0.3, -0.25) is 4.79 Å². The molecule has 1 aliphatic heterocycles. The molecule has 0 radical (unpaired) electrons. The van der Waals surface area contributed by atoms with Crippen molar-refractivity contribution in [2.24, 2.45) is 0 Å². The molecular formula is C22H19F3N2OS. The van der Waals surface area contributed by atoms with Crippen molar-refractivity contribution in [1.82, 2.24) is 5.32 Å². The third-order valence-corrected chi connectivity index (χ3v) is 6.05. The number of fused-ring (bicyclic) bond motifs is 1. The number of carbonyl (C=O) groups is 1. The highest BCUT2D eigenvalue weighted by molar-refractivity contribution is 7.10. The quantitative estimate of drug-likeness (QED) is 0.612. The van der Waals surface area contributed by atoms with E-state index in [0.717, 1.165) is 35.7 Å². The fourth-order valence-electron chi connectivity index (χ4n) is 3.66. The Hall–Kier alpha value is -2.80. The van der Waals surface area contributed by atoms with Crippen LogP contribution in [0.15, 0.2) is 66.0 Å². The average molecular weight is 416 g/mol. The summed E-state index contributed by atoms with van der Waals surface area (Å²) >= 11 is 1.60. The smallest absolute Gasteiger partial charge is 0.361 e. The fourth-order valence-corrected chi connectivity index (χ4v) is 4.50. The first-order chi connectivity index (χ1) is 13.9. The molecule has 0 aliphatic carbocycles. The number of anilines is 1. The molecule has 150 valence electrons. The van der Waals surface area contributed by atoms with Crippen LogP contribution in [-0.2, 0) is 12.6 Å². The zero-order valence-corrected chi connectivity index (χ0v) is 16.3. The minimum absolute atomic E-state index is 0.00609. The molecule has 3 aromatic rings. The van der Waals surface area contributed by atoms with Gasteiger partial charge in [-0.05, 0) is 47.7 Å². The predicted molar refractivity (Wildman–Crippen MR) is 108 cm³/mol. The van der Waals surface area contributed by atoms with Gasteiger partial charge in [0.2, 0.25) is 0 Å². The number of para-hydroxylation sites is 1. The number of amides is 1. The Morgan fingerprint density at radius 2 is 1.93 bits per heavy atom. The summed E-state index contributed by atoms with van der Waals surface area (Å²) in [6, 6.07) is 16.6. The van der Waals surface area contributed by atoms with Crippen molar-refractivity contribution >= 4 is 22.9 Å². The van der Waals surface area contributed by atoms with Crippen molar-refractivity contribution in [2.75, 3.05) is 18.0 Å². The van der Waals surface area contributed by atoms with Gasteiger partial charge >= 0.3 is 6.18 Å². The van der Waals surface area contributed by atoms with Crippen LogP contribution in [0, 0.1) is 0 Å². The van der Waals surface area contributed by atoms with E-state index >= 15 is 0 Å². The van der Waals surface area contributed by atoms with Gasteiger partial charge in [0.1, 0.15) is 0 Å². The van der Waals surface area contributed by atoms with E-state index in [2.05, 4.69) is 22.3 Å². The number of benzene rings is 2. The highest BCUT2D eigenvalue weighted by Gasteiger charge is 2.31. The third-order valence-electron chi connectivity index (χ3n) is 5.08. The summed E-state index contributed by atoms with van der Waals surface area (Å²) in [5, 5.41) is 4.82. The van der Waals surface area contributed by atoms with Gasteiger partial charge in [0, 0.05) is 29.2 Å². The van der Waals surface area contributed by atoms with Gasteiger partial charge in [-0.15, -0.1) is 11.3 Å². The maximum absolute atomic E-state index is 12.9. The lowest BCUT2D eigenvalue weighted by Crippen LogP contribution is -2.37. The summed E-state index contributed by atoms with van der Waals surface area (Å²) in [6.07, 6.45) is -3.55. The Balaban J connectivity index is 1.54. The predicted octanol–water partition coefficient (Wildman–Crippen LogP) is 5.30. The molecule has 1 aromatic heterocycles. The van der Waals surface area contributed by atoms with Crippen LogP contribution in [0.4, 0.5) is 18.9 Å². The molecule has 1 unspecified atom stereocenters. The molecule has 1 atom stereocenters. The maximum Gasteiger partial charge on any atom is 0.416 e.